The molecule has 0 atom stereocenters. The first-order valence-corrected chi connectivity index (χ1v) is 6.32. The molecule has 0 aliphatic carbocycles. The fraction of sp³-hybridized carbons (Fsp3) is 0.385. The van der Waals surface area contributed by atoms with E-state index in [9.17, 15) is 4.79 Å². The van der Waals surface area contributed by atoms with Crippen molar-refractivity contribution in [2.75, 3.05) is 38.1 Å². The maximum Gasteiger partial charge on any atom is 0.324 e. The molecule has 1 N–H and O–H groups in total. The summed E-state index contributed by atoms with van der Waals surface area (Å²) in [6.45, 7) is 3.18. The molecule has 1 aliphatic rings. The number of oxazole rings is 1. The summed E-state index contributed by atoms with van der Waals surface area (Å²) >= 11 is 0. The number of benzene rings is 1. The lowest BCUT2D eigenvalue weighted by Crippen LogP contribution is -2.50. The molecule has 2 aromatic rings. The minimum absolute atomic E-state index is 0.0142. The number of carbonyl (C=O) groups excluding carboxylic acids is 1. The molecule has 1 aromatic heterocycles. The lowest BCUT2D eigenvalue weighted by Gasteiger charge is -2.31. The molecule has 3 rings (SSSR count). The van der Waals surface area contributed by atoms with Crippen molar-refractivity contribution >= 4 is 22.8 Å². The van der Waals surface area contributed by atoms with E-state index in [1.807, 2.05) is 23.1 Å². The summed E-state index contributed by atoms with van der Waals surface area (Å²) in [5.74, 6) is 0. The van der Waals surface area contributed by atoms with E-state index >= 15 is 0 Å². The molecular weight excluding hydrogens is 244 g/mol. The van der Waals surface area contributed by atoms with Crippen molar-refractivity contribution < 1.29 is 9.21 Å². The third-order valence-corrected chi connectivity index (χ3v) is 3.38. The van der Waals surface area contributed by atoms with Gasteiger partial charge >= 0.3 is 6.03 Å². The van der Waals surface area contributed by atoms with Crippen molar-refractivity contribution in [1.82, 2.24) is 15.2 Å². The van der Waals surface area contributed by atoms with Crippen LogP contribution in [0.25, 0.3) is 11.1 Å². The zero-order valence-corrected chi connectivity index (χ0v) is 10.8. The fourth-order valence-corrected chi connectivity index (χ4v) is 2.23. The molecule has 19 heavy (non-hydrogen) atoms. The molecule has 2 heterocycles. The quantitative estimate of drug-likeness (QED) is 0.839. The number of hydrogen-bond acceptors (Lipinski definition) is 4. The number of hydrogen-bond donors (Lipinski definition) is 1. The SMILES string of the molecule is CN(C(=O)N1CCNCC1)c1ccc2ncoc2c1. The molecule has 100 valence electrons. The summed E-state index contributed by atoms with van der Waals surface area (Å²) in [6.07, 6.45) is 1.41. The maximum atomic E-state index is 12.4. The van der Waals surface area contributed by atoms with Gasteiger partial charge in [-0.1, -0.05) is 0 Å². The summed E-state index contributed by atoms with van der Waals surface area (Å²) in [5.41, 5.74) is 2.30. The molecule has 1 aliphatic heterocycles. The Kier molecular flexibility index (Phi) is 3.08. The highest BCUT2D eigenvalue weighted by Gasteiger charge is 2.21. The van der Waals surface area contributed by atoms with Gasteiger partial charge in [-0.05, 0) is 12.1 Å². The van der Waals surface area contributed by atoms with E-state index in [1.165, 1.54) is 6.39 Å². The Hall–Kier alpha value is -2.08. The van der Waals surface area contributed by atoms with Crippen LogP contribution in [0.2, 0.25) is 0 Å². The smallest absolute Gasteiger partial charge is 0.324 e. The molecule has 0 bridgehead atoms. The van der Waals surface area contributed by atoms with Crippen LogP contribution in [0.3, 0.4) is 0 Å². The van der Waals surface area contributed by atoms with E-state index in [0.29, 0.717) is 5.58 Å². The highest BCUT2D eigenvalue weighted by atomic mass is 16.3. The predicted octanol–water partition coefficient (Wildman–Crippen LogP) is 1.29. The molecule has 0 spiro atoms. The van der Waals surface area contributed by atoms with Crippen LogP contribution in [0.5, 0.6) is 0 Å². The Balaban J connectivity index is 1.81. The molecule has 2 amide bonds. The molecule has 0 unspecified atom stereocenters. The fourth-order valence-electron chi connectivity index (χ4n) is 2.23. The molecule has 1 aromatic carbocycles. The van der Waals surface area contributed by atoms with Crippen LogP contribution in [0.15, 0.2) is 29.0 Å². The molecule has 6 nitrogen and oxygen atoms in total. The first kappa shape index (κ1) is 12.0. The lowest BCUT2D eigenvalue weighted by atomic mass is 10.2. The number of carbonyl (C=O) groups is 1. The molecule has 6 heteroatoms. The van der Waals surface area contributed by atoms with Crippen molar-refractivity contribution in [3.05, 3.63) is 24.6 Å². The van der Waals surface area contributed by atoms with E-state index in [2.05, 4.69) is 10.3 Å². The molecule has 1 fully saturated rings. The minimum atomic E-state index is 0.0142. The Morgan fingerprint density at radius 3 is 3.00 bits per heavy atom. The third kappa shape index (κ3) is 2.26. The number of nitrogens with zero attached hydrogens (tertiary/aromatic N) is 3. The molecule has 0 saturated carbocycles. The Morgan fingerprint density at radius 1 is 1.42 bits per heavy atom. The lowest BCUT2D eigenvalue weighted by molar-refractivity contribution is 0.198. The Bertz CT molecular complexity index is 589. The number of aromatic nitrogens is 1. The number of nitrogens with one attached hydrogen (secondary N) is 1. The Morgan fingerprint density at radius 2 is 2.21 bits per heavy atom. The first-order valence-electron chi connectivity index (χ1n) is 6.32. The van der Waals surface area contributed by atoms with Crippen molar-refractivity contribution in [3.8, 4) is 0 Å². The van der Waals surface area contributed by atoms with Gasteiger partial charge in [0, 0.05) is 45.0 Å². The summed E-state index contributed by atoms with van der Waals surface area (Å²) in [5, 5.41) is 3.23. The second kappa shape index (κ2) is 4.89. The van der Waals surface area contributed by atoms with Gasteiger partial charge in [0.25, 0.3) is 0 Å². The van der Waals surface area contributed by atoms with Crippen LogP contribution < -0.4 is 10.2 Å². The summed E-state index contributed by atoms with van der Waals surface area (Å²) in [4.78, 5) is 19.9. The second-order valence-corrected chi connectivity index (χ2v) is 4.58. The van der Waals surface area contributed by atoms with Crippen LogP contribution in [0.4, 0.5) is 10.5 Å². The van der Waals surface area contributed by atoms with Crippen molar-refractivity contribution in [1.29, 1.82) is 0 Å². The third-order valence-electron chi connectivity index (χ3n) is 3.38. The van der Waals surface area contributed by atoms with Crippen LogP contribution in [0.1, 0.15) is 0 Å². The normalized spacial score (nSPS) is 15.7. The van der Waals surface area contributed by atoms with Crippen molar-refractivity contribution in [3.63, 3.8) is 0 Å². The topological polar surface area (TPSA) is 61.6 Å². The van der Waals surface area contributed by atoms with Crippen LogP contribution >= 0.6 is 0 Å². The van der Waals surface area contributed by atoms with E-state index < -0.39 is 0 Å². The minimum Gasteiger partial charge on any atom is -0.443 e. The average Bonchev–Trinajstić information content (AvgIpc) is 2.94. The Labute approximate surface area is 111 Å². The number of fused-ring (bicyclic) bond motifs is 1. The van der Waals surface area contributed by atoms with Gasteiger partial charge in [0.15, 0.2) is 12.0 Å². The van der Waals surface area contributed by atoms with Gasteiger partial charge in [-0.25, -0.2) is 9.78 Å². The highest BCUT2D eigenvalue weighted by molar-refractivity contribution is 5.93. The average molecular weight is 260 g/mol. The van der Waals surface area contributed by atoms with Gasteiger partial charge in [-0.2, -0.15) is 0 Å². The second-order valence-electron chi connectivity index (χ2n) is 4.58. The first-order chi connectivity index (χ1) is 9.25. The number of urea groups is 1. The van der Waals surface area contributed by atoms with Crippen LogP contribution in [0, 0.1) is 0 Å². The predicted molar refractivity (Wildman–Crippen MR) is 72.3 cm³/mol. The van der Waals surface area contributed by atoms with E-state index in [-0.39, 0.29) is 6.03 Å². The van der Waals surface area contributed by atoms with Gasteiger partial charge in [0.05, 0.1) is 0 Å². The van der Waals surface area contributed by atoms with Gasteiger partial charge in [0.2, 0.25) is 0 Å². The van der Waals surface area contributed by atoms with E-state index in [1.54, 1.807) is 11.9 Å². The highest BCUT2D eigenvalue weighted by Crippen LogP contribution is 2.21. The van der Waals surface area contributed by atoms with Gasteiger partial charge in [-0.3, -0.25) is 4.90 Å². The van der Waals surface area contributed by atoms with Gasteiger partial charge < -0.3 is 14.6 Å². The summed E-state index contributed by atoms with van der Waals surface area (Å²) in [6, 6.07) is 5.59. The van der Waals surface area contributed by atoms with E-state index in [4.69, 9.17) is 4.42 Å². The van der Waals surface area contributed by atoms with E-state index in [0.717, 1.165) is 37.4 Å². The van der Waals surface area contributed by atoms with Crippen LogP contribution in [-0.4, -0.2) is 49.1 Å². The zero-order chi connectivity index (χ0) is 13.2. The standard InChI is InChI=1S/C13H16N4O2/c1-16(13(18)17-6-4-14-5-7-17)10-2-3-11-12(8-10)19-9-15-11/h2-3,8-9,14H,4-7H2,1H3. The molecular formula is C13H16N4O2. The molecule has 1 saturated heterocycles. The summed E-state index contributed by atoms with van der Waals surface area (Å²) < 4.78 is 5.26. The maximum absolute atomic E-state index is 12.4. The van der Waals surface area contributed by atoms with Crippen molar-refractivity contribution in [2.24, 2.45) is 0 Å². The van der Waals surface area contributed by atoms with Crippen LogP contribution in [-0.2, 0) is 0 Å². The summed E-state index contributed by atoms with van der Waals surface area (Å²) in [7, 11) is 1.78. The molecule has 0 radical (unpaired) electrons. The number of anilines is 1. The zero-order valence-electron chi connectivity index (χ0n) is 10.8. The van der Waals surface area contributed by atoms with Crippen molar-refractivity contribution in [2.45, 2.75) is 0 Å². The monoisotopic (exact) mass is 260 g/mol. The largest absolute Gasteiger partial charge is 0.443 e. The van der Waals surface area contributed by atoms with Gasteiger partial charge in [0.1, 0.15) is 5.52 Å². The van der Waals surface area contributed by atoms with Gasteiger partial charge in [-0.15, -0.1) is 0 Å². The number of rotatable bonds is 1. The number of piperazine rings is 1. The number of amides is 2.